The largest absolute Gasteiger partial charge is 0.493 e. The lowest BCUT2D eigenvalue weighted by Gasteiger charge is -2.39. The highest BCUT2D eigenvalue weighted by Crippen LogP contribution is 2.27. The van der Waals surface area contributed by atoms with Crippen molar-refractivity contribution in [3.63, 3.8) is 0 Å². The fourth-order valence-corrected chi connectivity index (χ4v) is 5.03. The molecule has 3 aromatic heterocycles. The van der Waals surface area contributed by atoms with Gasteiger partial charge in [0.1, 0.15) is 11.5 Å². The van der Waals surface area contributed by atoms with Crippen LogP contribution in [0, 0.1) is 0 Å². The highest BCUT2D eigenvalue weighted by molar-refractivity contribution is 5.61. The number of hydrogen-bond donors (Lipinski definition) is 4. The molecule has 11 heteroatoms. The van der Waals surface area contributed by atoms with Crippen LogP contribution in [0.1, 0.15) is 50.9 Å². The second-order valence-corrected chi connectivity index (χ2v) is 10.3. The molecule has 198 valence electrons. The molecule has 0 spiro atoms. The van der Waals surface area contributed by atoms with Crippen LogP contribution in [0.4, 0.5) is 11.5 Å². The Labute approximate surface area is 218 Å². The average molecular weight is 517 g/mol. The maximum absolute atomic E-state index is 11.6. The molecule has 2 fully saturated rings. The molecule has 0 radical (unpaired) electrons. The Morgan fingerprint density at radius 2 is 2.00 bits per heavy atom. The van der Waals surface area contributed by atoms with Gasteiger partial charge in [-0.3, -0.25) is 14.9 Å². The van der Waals surface area contributed by atoms with Crippen LogP contribution in [-0.4, -0.2) is 65.9 Å². The van der Waals surface area contributed by atoms with Crippen molar-refractivity contribution < 1.29 is 9.84 Å². The van der Waals surface area contributed by atoms with E-state index in [0.29, 0.717) is 22.2 Å². The molecule has 3 atom stereocenters. The Bertz CT molecular complexity index is 1640. The second-order valence-electron chi connectivity index (χ2n) is 10.3. The zero-order valence-corrected chi connectivity index (χ0v) is 21.7. The predicted molar refractivity (Wildman–Crippen MR) is 143 cm³/mol. The number of benzene rings is 1. The molecule has 4 N–H and O–H groups in total. The Morgan fingerprint density at radius 3 is 2.71 bits per heavy atom. The molecule has 1 saturated heterocycles. The highest BCUT2D eigenvalue weighted by atomic mass is 16.5. The van der Waals surface area contributed by atoms with E-state index in [2.05, 4.69) is 64.3 Å². The monoisotopic (exact) mass is 516 g/mol. The first-order valence-corrected chi connectivity index (χ1v) is 13.0. The molecule has 38 heavy (non-hydrogen) atoms. The summed E-state index contributed by atoms with van der Waals surface area (Å²) in [6, 6.07) is 10.8. The number of aromatic nitrogens is 5. The van der Waals surface area contributed by atoms with Crippen LogP contribution in [0.2, 0.25) is 0 Å². The van der Waals surface area contributed by atoms with Crippen LogP contribution in [-0.2, 0) is 4.74 Å². The number of nitrogens with one attached hydrogen (secondary N) is 3. The molecule has 1 aliphatic heterocycles. The first kappa shape index (κ1) is 24.4. The van der Waals surface area contributed by atoms with Crippen LogP contribution in [0.3, 0.4) is 0 Å². The number of ether oxygens (including phenoxy) is 1. The van der Waals surface area contributed by atoms with Gasteiger partial charge in [-0.1, -0.05) is 12.1 Å². The topological polar surface area (TPSA) is 136 Å². The van der Waals surface area contributed by atoms with Crippen molar-refractivity contribution in [1.82, 2.24) is 29.5 Å². The third-order valence-corrected chi connectivity index (χ3v) is 7.01. The first-order valence-electron chi connectivity index (χ1n) is 13.0. The van der Waals surface area contributed by atoms with Gasteiger partial charge < -0.3 is 20.1 Å². The van der Waals surface area contributed by atoms with Crippen LogP contribution >= 0.6 is 0 Å². The van der Waals surface area contributed by atoms with Crippen molar-refractivity contribution in [3.05, 3.63) is 69.0 Å². The summed E-state index contributed by atoms with van der Waals surface area (Å²) < 4.78 is 7.61. The molecule has 1 saturated carbocycles. The maximum Gasteiger partial charge on any atom is 0.326 e. The van der Waals surface area contributed by atoms with Crippen molar-refractivity contribution in [2.45, 2.75) is 57.9 Å². The van der Waals surface area contributed by atoms with Crippen LogP contribution in [0.5, 0.6) is 5.88 Å². The molecule has 11 nitrogen and oxygen atoms in total. The predicted octanol–water partition coefficient (Wildman–Crippen LogP) is 1.98. The minimum absolute atomic E-state index is 0.208. The molecule has 2 aliphatic rings. The summed E-state index contributed by atoms with van der Waals surface area (Å²) in [4.78, 5) is 28.6. The highest BCUT2D eigenvalue weighted by Gasteiger charge is 2.26. The summed E-state index contributed by atoms with van der Waals surface area (Å²) >= 11 is 0. The fraction of sp³-hybridized carbons (Fsp3) is 0.407. The van der Waals surface area contributed by atoms with E-state index >= 15 is 0 Å². The number of anilines is 2. The molecule has 1 aliphatic carbocycles. The molecular weight excluding hydrogens is 484 g/mol. The number of imidazole rings is 1. The van der Waals surface area contributed by atoms with E-state index in [1.807, 2.05) is 12.1 Å². The summed E-state index contributed by atoms with van der Waals surface area (Å²) in [7, 11) is 0. The molecule has 4 aromatic rings. The van der Waals surface area contributed by atoms with Crippen molar-refractivity contribution in [2.75, 3.05) is 18.4 Å². The standard InChI is InChI=1S/C27H32N8O3/c1-15-13-34(14-16(2)38-15)17(3)18-5-4-6-21(9-18)29-23-11-24(30-20-7-8-20)35-25(32-23)19(12-28-35)10-22-26(36)33-27(37)31-22/h4-6,9-12,15-17,20,29,36H,7-8,13-14H2,1-3H3,(H2,31,33,37)/b19-10+,30-24?. The first-order chi connectivity index (χ1) is 18.3. The number of aromatic hydroxyl groups is 1. The van der Waals surface area contributed by atoms with Crippen molar-refractivity contribution in [1.29, 1.82) is 0 Å². The van der Waals surface area contributed by atoms with Gasteiger partial charge in [0.2, 0.25) is 5.88 Å². The van der Waals surface area contributed by atoms with Crippen LogP contribution < -0.4 is 21.7 Å². The molecule has 1 aromatic carbocycles. The Morgan fingerprint density at radius 1 is 1.21 bits per heavy atom. The molecular formula is C27H32N8O3. The molecule has 0 bridgehead atoms. The fourth-order valence-electron chi connectivity index (χ4n) is 5.03. The Hall–Kier alpha value is -3.96. The zero-order valence-electron chi connectivity index (χ0n) is 21.7. The van der Waals surface area contributed by atoms with Gasteiger partial charge in [-0.25, -0.2) is 9.78 Å². The third-order valence-electron chi connectivity index (χ3n) is 7.01. The smallest absolute Gasteiger partial charge is 0.326 e. The van der Waals surface area contributed by atoms with Gasteiger partial charge in [-0.15, -0.1) is 0 Å². The Balaban J connectivity index is 1.35. The van der Waals surface area contributed by atoms with E-state index in [0.717, 1.165) is 31.6 Å². The van der Waals surface area contributed by atoms with Crippen molar-refractivity contribution in [2.24, 2.45) is 4.99 Å². The second kappa shape index (κ2) is 9.73. The minimum atomic E-state index is -0.486. The van der Waals surface area contributed by atoms with Crippen molar-refractivity contribution >= 4 is 23.2 Å². The van der Waals surface area contributed by atoms with E-state index in [1.54, 1.807) is 16.8 Å². The van der Waals surface area contributed by atoms with Crippen LogP contribution in [0.15, 0.2) is 46.3 Å². The van der Waals surface area contributed by atoms with Gasteiger partial charge in [0, 0.05) is 36.1 Å². The van der Waals surface area contributed by atoms with Crippen molar-refractivity contribution in [3.8, 4) is 5.88 Å². The number of rotatable bonds is 6. The summed E-state index contributed by atoms with van der Waals surface area (Å²) in [5, 5.41) is 18.6. The lowest BCUT2D eigenvalue weighted by molar-refractivity contribution is -0.0789. The molecule has 6 rings (SSSR count). The van der Waals surface area contributed by atoms with E-state index in [1.165, 1.54) is 5.56 Å². The van der Waals surface area contributed by atoms with Gasteiger partial charge in [-0.05, 0) is 57.4 Å². The number of aromatic amines is 2. The van der Waals surface area contributed by atoms with E-state index in [4.69, 9.17) is 14.7 Å². The Kier molecular flexibility index (Phi) is 6.24. The van der Waals surface area contributed by atoms with E-state index < -0.39 is 5.69 Å². The third kappa shape index (κ3) is 5.07. The van der Waals surface area contributed by atoms with Gasteiger partial charge in [0.05, 0.1) is 24.4 Å². The van der Waals surface area contributed by atoms with Crippen LogP contribution in [0.25, 0.3) is 11.7 Å². The lowest BCUT2D eigenvalue weighted by Crippen LogP contribution is -2.46. The number of nitrogens with zero attached hydrogens (tertiary/aromatic N) is 5. The van der Waals surface area contributed by atoms with Gasteiger partial charge in [0.25, 0.3) is 0 Å². The average Bonchev–Trinajstić information content (AvgIpc) is 3.51. The quantitative estimate of drug-likeness (QED) is 0.308. The number of fused-ring (bicyclic) bond motifs is 1. The summed E-state index contributed by atoms with van der Waals surface area (Å²) in [6.07, 6.45) is 5.82. The summed E-state index contributed by atoms with van der Waals surface area (Å²) in [5.41, 5.74) is 3.18. The van der Waals surface area contributed by atoms with Gasteiger partial charge in [-0.2, -0.15) is 9.61 Å². The summed E-state index contributed by atoms with van der Waals surface area (Å²) in [5.74, 6) is 0.402. The van der Waals surface area contributed by atoms with E-state index in [-0.39, 0.29) is 35.9 Å². The molecule has 4 heterocycles. The number of morpholine rings is 1. The normalized spacial score (nSPS) is 22.3. The number of H-pyrrole nitrogens is 2. The number of hydrogen-bond acceptors (Lipinski definition) is 8. The van der Waals surface area contributed by atoms with Gasteiger partial charge >= 0.3 is 5.69 Å². The van der Waals surface area contributed by atoms with E-state index in [9.17, 15) is 9.90 Å². The molecule has 3 unspecified atom stereocenters. The maximum atomic E-state index is 11.6. The summed E-state index contributed by atoms with van der Waals surface area (Å²) in [6.45, 7) is 8.27. The zero-order chi connectivity index (χ0) is 26.4. The van der Waals surface area contributed by atoms with Gasteiger partial charge in [0.15, 0.2) is 11.1 Å². The SMILES string of the molecule is CC1CN(C(C)c2cccc(Nc3cc(=NC4CC4)n4nc/c(=C\c5[nH]c(=O)[nH]c5O)c4n3)c2)CC(C)O1. The molecule has 0 amide bonds. The lowest BCUT2D eigenvalue weighted by atomic mass is 10.0. The minimum Gasteiger partial charge on any atom is -0.493 e.